The Morgan fingerprint density at radius 2 is 1.89 bits per heavy atom. The van der Waals surface area contributed by atoms with Crippen LogP contribution in [0.25, 0.3) is 0 Å². The van der Waals surface area contributed by atoms with Crippen LogP contribution in [0.4, 0.5) is 11.5 Å². The molecule has 0 saturated carbocycles. The molecule has 7 nitrogen and oxygen atoms in total. The summed E-state index contributed by atoms with van der Waals surface area (Å²) in [6, 6.07) is 7.56. The monoisotopic (exact) mass is 400 g/mol. The number of aromatic nitrogens is 1. The summed E-state index contributed by atoms with van der Waals surface area (Å²) in [5.74, 6) is 0.524. The van der Waals surface area contributed by atoms with E-state index in [4.69, 9.17) is 4.74 Å². The van der Waals surface area contributed by atoms with Gasteiger partial charge in [0.15, 0.2) is 0 Å². The number of thiophene rings is 1. The van der Waals surface area contributed by atoms with Crippen LogP contribution in [0.1, 0.15) is 22.5 Å². The first kappa shape index (κ1) is 18.9. The minimum absolute atomic E-state index is 0.0187. The number of pyridine rings is 1. The van der Waals surface area contributed by atoms with Gasteiger partial charge < -0.3 is 19.9 Å². The minimum atomic E-state index is -0.0897. The van der Waals surface area contributed by atoms with Gasteiger partial charge in [0.25, 0.3) is 5.91 Å². The highest BCUT2D eigenvalue weighted by atomic mass is 32.1. The Labute approximate surface area is 168 Å². The van der Waals surface area contributed by atoms with Crippen LogP contribution in [0.5, 0.6) is 0 Å². The van der Waals surface area contributed by atoms with Gasteiger partial charge >= 0.3 is 0 Å². The molecule has 2 amide bonds. The SMILES string of the molecule is O=C(Nc1ccc(N2CCOCC2)cn1)C1CCN(C(=O)c2cccs2)CC1. The van der Waals surface area contributed by atoms with E-state index in [0.717, 1.165) is 36.9 Å². The molecule has 2 aliphatic rings. The Morgan fingerprint density at radius 1 is 1.11 bits per heavy atom. The van der Waals surface area contributed by atoms with E-state index in [0.29, 0.717) is 31.7 Å². The van der Waals surface area contributed by atoms with Crippen molar-refractivity contribution in [2.24, 2.45) is 5.92 Å². The van der Waals surface area contributed by atoms with Gasteiger partial charge in [-0.25, -0.2) is 4.98 Å². The minimum Gasteiger partial charge on any atom is -0.378 e. The zero-order valence-electron chi connectivity index (χ0n) is 15.7. The molecule has 4 rings (SSSR count). The number of morpholine rings is 1. The molecule has 0 unspecified atom stereocenters. The van der Waals surface area contributed by atoms with Crippen LogP contribution in [0, 0.1) is 5.92 Å². The standard InChI is InChI=1S/C20H24N4O3S/c25-19(15-5-7-24(8-6-15)20(26)17-2-1-13-28-17)22-18-4-3-16(14-21-18)23-9-11-27-12-10-23/h1-4,13-15H,5-12H2,(H,21,22,25). The highest BCUT2D eigenvalue weighted by Crippen LogP contribution is 2.23. The maximum atomic E-state index is 12.6. The second-order valence-corrected chi connectivity index (χ2v) is 7.98. The molecule has 0 spiro atoms. The normalized spacial score (nSPS) is 18.1. The quantitative estimate of drug-likeness (QED) is 0.853. The van der Waals surface area contributed by atoms with Crippen LogP contribution in [-0.2, 0) is 9.53 Å². The molecular weight excluding hydrogens is 376 g/mol. The molecule has 2 saturated heterocycles. The average molecular weight is 401 g/mol. The number of piperidine rings is 1. The first-order valence-electron chi connectivity index (χ1n) is 9.63. The van der Waals surface area contributed by atoms with Gasteiger partial charge in [-0.05, 0) is 36.4 Å². The molecule has 0 atom stereocenters. The Bertz CT molecular complexity index is 795. The number of amides is 2. The summed E-state index contributed by atoms with van der Waals surface area (Å²) in [4.78, 5) is 34.2. The van der Waals surface area contributed by atoms with E-state index in [9.17, 15) is 9.59 Å². The van der Waals surface area contributed by atoms with E-state index in [1.165, 1.54) is 11.3 Å². The van der Waals surface area contributed by atoms with Gasteiger partial charge in [-0.1, -0.05) is 6.07 Å². The van der Waals surface area contributed by atoms with Gasteiger partial charge in [0.2, 0.25) is 5.91 Å². The Balaban J connectivity index is 1.28. The summed E-state index contributed by atoms with van der Waals surface area (Å²) in [5, 5.41) is 4.83. The fourth-order valence-corrected chi connectivity index (χ4v) is 4.29. The number of hydrogen-bond donors (Lipinski definition) is 1. The van der Waals surface area contributed by atoms with Gasteiger partial charge in [-0.3, -0.25) is 9.59 Å². The fourth-order valence-electron chi connectivity index (χ4n) is 3.60. The van der Waals surface area contributed by atoms with Crippen LogP contribution in [0.3, 0.4) is 0 Å². The van der Waals surface area contributed by atoms with E-state index in [-0.39, 0.29) is 17.7 Å². The highest BCUT2D eigenvalue weighted by Gasteiger charge is 2.28. The van der Waals surface area contributed by atoms with E-state index in [2.05, 4.69) is 15.2 Å². The molecule has 4 heterocycles. The lowest BCUT2D eigenvalue weighted by molar-refractivity contribution is -0.121. The second kappa shape index (κ2) is 8.70. The first-order chi connectivity index (χ1) is 13.7. The number of nitrogens with zero attached hydrogens (tertiary/aromatic N) is 3. The highest BCUT2D eigenvalue weighted by molar-refractivity contribution is 7.12. The van der Waals surface area contributed by atoms with Crippen LogP contribution in [-0.4, -0.2) is 61.1 Å². The van der Waals surface area contributed by atoms with E-state index in [1.807, 2.05) is 34.5 Å². The number of rotatable bonds is 4. The molecule has 0 aromatic carbocycles. The molecule has 0 aliphatic carbocycles. The van der Waals surface area contributed by atoms with Gasteiger partial charge in [0.05, 0.1) is 30.0 Å². The van der Waals surface area contributed by atoms with Gasteiger partial charge in [0, 0.05) is 32.1 Å². The summed E-state index contributed by atoms with van der Waals surface area (Å²) in [5.41, 5.74) is 1.04. The Hall–Kier alpha value is -2.45. The van der Waals surface area contributed by atoms with E-state index in [1.54, 1.807) is 6.20 Å². The van der Waals surface area contributed by atoms with Gasteiger partial charge in [0.1, 0.15) is 5.82 Å². The third-order valence-corrected chi connectivity index (χ3v) is 6.12. The number of likely N-dealkylation sites (tertiary alicyclic amines) is 1. The van der Waals surface area contributed by atoms with Crippen molar-refractivity contribution in [3.63, 3.8) is 0 Å². The zero-order valence-corrected chi connectivity index (χ0v) is 16.5. The molecule has 28 heavy (non-hydrogen) atoms. The van der Waals surface area contributed by atoms with Crippen molar-refractivity contribution in [2.75, 3.05) is 49.6 Å². The van der Waals surface area contributed by atoms with Crippen molar-refractivity contribution in [3.05, 3.63) is 40.7 Å². The maximum Gasteiger partial charge on any atom is 0.263 e. The molecule has 8 heteroatoms. The van der Waals surface area contributed by atoms with Crippen LogP contribution in [0.2, 0.25) is 0 Å². The molecule has 2 aromatic rings. The van der Waals surface area contributed by atoms with Crippen LogP contribution < -0.4 is 10.2 Å². The topological polar surface area (TPSA) is 74.8 Å². The van der Waals surface area contributed by atoms with Crippen LogP contribution >= 0.6 is 11.3 Å². The van der Waals surface area contributed by atoms with E-state index < -0.39 is 0 Å². The number of carbonyl (C=O) groups excluding carboxylic acids is 2. The second-order valence-electron chi connectivity index (χ2n) is 7.03. The lowest BCUT2D eigenvalue weighted by atomic mass is 9.96. The molecule has 0 bridgehead atoms. The lowest BCUT2D eigenvalue weighted by Gasteiger charge is -2.31. The number of ether oxygens (including phenoxy) is 1. The average Bonchev–Trinajstić information content (AvgIpc) is 3.29. The smallest absolute Gasteiger partial charge is 0.263 e. The molecule has 2 fully saturated rings. The zero-order chi connectivity index (χ0) is 19.3. The summed E-state index contributed by atoms with van der Waals surface area (Å²) in [6.45, 7) is 4.39. The number of nitrogens with one attached hydrogen (secondary N) is 1. The van der Waals surface area contributed by atoms with Crippen molar-refractivity contribution in [2.45, 2.75) is 12.8 Å². The summed E-state index contributed by atoms with van der Waals surface area (Å²) >= 11 is 1.46. The predicted molar refractivity (Wildman–Crippen MR) is 109 cm³/mol. The molecule has 2 aliphatic heterocycles. The Kier molecular flexibility index (Phi) is 5.87. The van der Waals surface area contributed by atoms with E-state index >= 15 is 0 Å². The summed E-state index contributed by atoms with van der Waals surface area (Å²) < 4.78 is 5.36. The number of carbonyl (C=O) groups is 2. The summed E-state index contributed by atoms with van der Waals surface area (Å²) in [7, 11) is 0. The predicted octanol–water partition coefficient (Wildman–Crippen LogP) is 2.47. The van der Waals surface area contributed by atoms with Gasteiger partial charge in [-0.2, -0.15) is 0 Å². The third-order valence-electron chi connectivity index (χ3n) is 5.26. The Morgan fingerprint density at radius 3 is 2.54 bits per heavy atom. The maximum absolute atomic E-state index is 12.6. The van der Waals surface area contributed by atoms with Crippen molar-refractivity contribution >= 4 is 34.7 Å². The fraction of sp³-hybridized carbons (Fsp3) is 0.450. The van der Waals surface area contributed by atoms with Crippen LogP contribution in [0.15, 0.2) is 35.8 Å². The molecule has 2 aromatic heterocycles. The lowest BCUT2D eigenvalue weighted by Crippen LogP contribution is -2.41. The van der Waals surface area contributed by atoms with Crippen molar-refractivity contribution < 1.29 is 14.3 Å². The van der Waals surface area contributed by atoms with Crippen molar-refractivity contribution in [3.8, 4) is 0 Å². The third kappa shape index (κ3) is 4.34. The molecule has 148 valence electrons. The first-order valence-corrected chi connectivity index (χ1v) is 10.5. The number of hydrogen-bond acceptors (Lipinski definition) is 6. The molecule has 1 N–H and O–H groups in total. The summed E-state index contributed by atoms with van der Waals surface area (Å²) in [6.07, 6.45) is 3.15. The van der Waals surface area contributed by atoms with Crippen molar-refractivity contribution in [1.82, 2.24) is 9.88 Å². The number of anilines is 2. The molecular formula is C20H24N4O3S. The van der Waals surface area contributed by atoms with Gasteiger partial charge in [-0.15, -0.1) is 11.3 Å². The molecule has 0 radical (unpaired) electrons. The largest absolute Gasteiger partial charge is 0.378 e. The van der Waals surface area contributed by atoms with Crippen molar-refractivity contribution in [1.29, 1.82) is 0 Å².